The highest BCUT2D eigenvalue weighted by Crippen LogP contribution is 2.38. The lowest BCUT2D eigenvalue weighted by Gasteiger charge is -2.24. The van der Waals surface area contributed by atoms with Gasteiger partial charge < -0.3 is 55.6 Å². The summed E-state index contributed by atoms with van der Waals surface area (Å²) in [5.74, 6) is 8.53. The Hall–Kier alpha value is -14.7. The molecule has 0 aliphatic carbocycles. The van der Waals surface area contributed by atoms with Gasteiger partial charge in [-0.15, -0.1) is 0 Å². The molecule has 0 spiro atoms. The molecule has 1 saturated heterocycles. The van der Waals surface area contributed by atoms with Crippen LogP contribution in [0, 0.1) is 0 Å². The fourth-order valence-corrected chi connectivity index (χ4v) is 13.2. The highest BCUT2D eigenvalue weighted by atomic mass is 35.5. The van der Waals surface area contributed by atoms with Crippen molar-refractivity contribution in [2.24, 2.45) is 0 Å². The number of piperidine rings is 1. The lowest BCUT2D eigenvalue weighted by Crippen LogP contribution is -2.29. The maximum Gasteiger partial charge on any atom is 0.263 e. The fraction of sp³-hybridized carbons (Fsp3) is 0.300. The van der Waals surface area contributed by atoms with E-state index in [1.54, 1.807) is 92.2 Å². The first-order valence-corrected chi connectivity index (χ1v) is 46.4. The van der Waals surface area contributed by atoms with Crippen molar-refractivity contribution >= 4 is 34.8 Å². The van der Waals surface area contributed by atoms with Crippen LogP contribution in [0.25, 0.3) is 126 Å². The number of aromatic nitrogens is 20. The monoisotopic (exact) mass is 1900 g/mol. The zero-order valence-corrected chi connectivity index (χ0v) is 78.6. The van der Waals surface area contributed by atoms with Crippen molar-refractivity contribution < 1.29 is 55.6 Å². The largest absolute Gasteiger partial charge is 0.477 e. The first-order chi connectivity index (χ1) is 67.0. The third kappa shape index (κ3) is 29.2. The molecule has 0 N–H and O–H groups in total. The minimum atomic E-state index is 0.320. The van der Waals surface area contributed by atoms with E-state index in [-0.39, 0.29) is 0 Å². The van der Waals surface area contributed by atoms with Crippen LogP contribution in [-0.4, -0.2) is 158 Å². The zero-order chi connectivity index (χ0) is 94.5. The lowest BCUT2D eigenvalue weighted by molar-refractivity contribution is 0.213. The number of halogens is 3. The van der Waals surface area contributed by atoms with E-state index in [9.17, 15) is 0 Å². The van der Waals surface area contributed by atoms with Crippen LogP contribution < -0.4 is 28.4 Å². The summed E-state index contributed by atoms with van der Waals surface area (Å²) in [4.78, 5) is 62.7. The van der Waals surface area contributed by atoms with E-state index in [0.29, 0.717) is 194 Å². The van der Waals surface area contributed by atoms with Crippen LogP contribution in [0.15, 0.2) is 259 Å². The van der Waals surface area contributed by atoms with Gasteiger partial charge in [-0.1, -0.05) is 195 Å². The van der Waals surface area contributed by atoms with Crippen LogP contribution in [0.4, 0.5) is 0 Å². The van der Waals surface area contributed by atoms with Gasteiger partial charge in [0, 0.05) is 83.0 Å². The topological polar surface area (TPSA) is 395 Å². The summed E-state index contributed by atoms with van der Waals surface area (Å²) >= 11 is 18.1. The third-order valence-electron chi connectivity index (χ3n) is 20.0. The van der Waals surface area contributed by atoms with Crippen molar-refractivity contribution in [1.29, 1.82) is 0 Å². The second-order valence-corrected chi connectivity index (χ2v) is 31.5. The summed E-state index contributed by atoms with van der Waals surface area (Å²) in [5.41, 5.74) is 8.02. The smallest absolute Gasteiger partial charge is 0.263 e. The molecule has 0 radical (unpaired) electrons. The van der Waals surface area contributed by atoms with E-state index in [1.807, 2.05) is 140 Å². The quantitative estimate of drug-likeness (QED) is 0.0326. The van der Waals surface area contributed by atoms with Gasteiger partial charge in [0.15, 0.2) is 5.82 Å². The van der Waals surface area contributed by atoms with Gasteiger partial charge in [0.2, 0.25) is 64.4 Å². The van der Waals surface area contributed by atoms with E-state index in [0.717, 1.165) is 125 Å². The summed E-state index contributed by atoms with van der Waals surface area (Å²) in [6.45, 7) is 19.4. The predicted octanol–water partition coefficient (Wildman–Crippen LogP) is 23.9. The molecule has 0 atom stereocenters. The molecule has 36 heteroatoms. The molecule has 33 nitrogen and oxygen atoms in total. The Morgan fingerprint density at radius 1 is 0.287 bits per heavy atom. The second-order valence-electron chi connectivity index (χ2n) is 30.2. The molecule has 1 fully saturated rings. The molecule has 702 valence electrons. The Bertz CT molecular complexity index is 6070. The molecular formula is C100H104Cl3N21O12. The number of rotatable bonds is 37. The van der Waals surface area contributed by atoms with Crippen LogP contribution in [0.2, 0.25) is 15.1 Å². The summed E-state index contributed by atoms with van der Waals surface area (Å²) in [5, 5.41) is 25.6. The lowest BCUT2D eigenvalue weighted by atomic mass is 10.1. The zero-order valence-electron chi connectivity index (χ0n) is 76.3. The Labute approximate surface area is 802 Å². The van der Waals surface area contributed by atoms with E-state index >= 15 is 0 Å². The summed E-state index contributed by atoms with van der Waals surface area (Å²) in [7, 11) is 0. The van der Waals surface area contributed by atoms with Gasteiger partial charge in [-0.25, -0.2) is 29.9 Å². The van der Waals surface area contributed by atoms with Crippen molar-refractivity contribution in [3.05, 3.63) is 253 Å². The molecule has 18 rings (SSSR count). The molecule has 1 aliphatic heterocycles. The first kappa shape index (κ1) is 98.8. The maximum absolute atomic E-state index is 6.21. The van der Waals surface area contributed by atoms with Gasteiger partial charge in [-0.3, -0.25) is 14.9 Å². The number of pyridine rings is 8. The van der Waals surface area contributed by atoms with Crippen LogP contribution >= 0.6 is 34.8 Å². The van der Waals surface area contributed by atoms with Crippen molar-refractivity contribution in [1.82, 2.24) is 106 Å². The van der Waals surface area contributed by atoms with Crippen molar-refractivity contribution in [3.8, 4) is 161 Å². The number of ether oxygens (including phenoxy) is 6. The molecule has 1 aliphatic rings. The van der Waals surface area contributed by atoms with Gasteiger partial charge in [0.1, 0.15) is 39.1 Å². The molecule has 17 aromatic rings. The number of benzene rings is 3. The van der Waals surface area contributed by atoms with E-state index in [1.165, 1.54) is 19.3 Å². The number of hydrogen-bond acceptors (Lipinski definition) is 33. The summed E-state index contributed by atoms with van der Waals surface area (Å²) < 4.78 is 66.5. The van der Waals surface area contributed by atoms with Gasteiger partial charge in [-0.2, -0.15) is 29.9 Å². The van der Waals surface area contributed by atoms with Crippen LogP contribution in [0.1, 0.15) is 144 Å². The van der Waals surface area contributed by atoms with Gasteiger partial charge in [-0.05, 0) is 198 Å². The van der Waals surface area contributed by atoms with E-state index < -0.39 is 0 Å². The number of nitrogens with zero attached hydrogens (tertiary/aromatic N) is 21. The first-order valence-electron chi connectivity index (χ1n) is 45.3. The van der Waals surface area contributed by atoms with E-state index in [2.05, 4.69) is 147 Å². The standard InChI is InChI=1S/C17H15Cl2N3O2.C17H16ClN3O2.C17H24N4O2.C17H17N3O2.2C16H16N4O2/c1-2-3-10-23-16-12(7-5-9-20-16)17-21-15(22-24-17)11-6-4-8-13(18)14(11)19;1-2-3-11-22-16-14(5-4-10-19-16)17-20-15(21-23-17)12-6-8-13(18)9-7-12;1-2-3-12-22-16-14(8-7-9-18-16)17-19-15(20-23-17)13-21-10-5-4-6-11-21;1-2-3-12-21-16-14(10-7-11-18-16)17-19-15(20-22-17)13-8-5-4-6-9-13;1-2-3-10-21-15-13(7-5-9-18-15)16-19-14(20-22-16)12-6-4-8-17-11-12;1-2-3-11-21-15-12(7-6-10-18-15)16-19-14(20-22-16)13-8-4-5-9-17-13/h4-9H,2-3,10H2,1H3;4-10H,2-3,11H2,1H3;7-9H,2-6,10-13H2,1H3;4-11H,2-3,12H2,1H3;4-9,11H,2-3,10H2,1H3;4-10H,2-3,11H2,1H3. The van der Waals surface area contributed by atoms with Crippen LogP contribution in [0.3, 0.4) is 0 Å². The number of hydrogen-bond donors (Lipinski definition) is 0. The molecule has 0 amide bonds. The highest BCUT2D eigenvalue weighted by molar-refractivity contribution is 6.43. The number of unbranched alkanes of at least 4 members (excludes halogenated alkanes) is 6. The third-order valence-corrected chi connectivity index (χ3v) is 21.1. The highest BCUT2D eigenvalue weighted by Gasteiger charge is 2.25. The molecule has 14 aromatic heterocycles. The average molecular weight is 1900 g/mol. The van der Waals surface area contributed by atoms with Crippen molar-refractivity contribution in [3.63, 3.8) is 0 Å². The predicted molar refractivity (Wildman–Crippen MR) is 515 cm³/mol. The molecule has 0 unspecified atom stereocenters. The normalized spacial score (nSPS) is 11.5. The Kier molecular flexibility index (Phi) is 39.2. The number of likely N-dealkylation sites (tertiary alicyclic amines) is 1. The van der Waals surface area contributed by atoms with Gasteiger partial charge in [0.05, 0.1) is 56.2 Å². The molecule has 3 aromatic carbocycles. The Morgan fingerprint density at radius 2 is 0.618 bits per heavy atom. The van der Waals surface area contributed by atoms with E-state index in [4.69, 9.17) is 90.4 Å². The molecule has 136 heavy (non-hydrogen) atoms. The summed E-state index contributed by atoms with van der Waals surface area (Å²) in [6, 6.07) is 53.6. The Balaban J connectivity index is 0.000000138. The van der Waals surface area contributed by atoms with Gasteiger partial charge >= 0.3 is 0 Å². The fourth-order valence-electron chi connectivity index (χ4n) is 12.7. The molecular weight excluding hydrogens is 1790 g/mol. The maximum atomic E-state index is 6.21. The van der Waals surface area contributed by atoms with Crippen LogP contribution in [-0.2, 0) is 6.54 Å². The molecule has 0 bridgehead atoms. The van der Waals surface area contributed by atoms with Crippen LogP contribution in [0.5, 0.6) is 35.3 Å². The average Bonchev–Trinajstić information content (AvgIpc) is 1.67. The minimum Gasteiger partial charge on any atom is -0.477 e. The SMILES string of the molecule is CCCCOc1ncccc1-c1nc(-c2ccc(Cl)cc2)no1.CCCCOc1ncccc1-c1nc(-c2cccc(Cl)c2Cl)no1.CCCCOc1ncccc1-c1nc(-c2ccccc2)no1.CCCCOc1ncccc1-c1nc(-c2ccccn2)no1.CCCCOc1ncccc1-c1nc(-c2cccnc2)no1.CCCCOc1ncccc1-c1nc(CN2CCCCC2)no1. The molecule has 0 saturated carbocycles. The molecule has 15 heterocycles. The second kappa shape index (κ2) is 53.9. The van der Waals surface area contributed by atoms with Gasteiger partial charge in [0.25, 0.3) is 35.3 Å². The van der Waals surface area contributed by atoms with Crippen molar-refractivity contribution in [2.45, 2.75) is 144 Å². The Morgan fingerprint density at radius 3 is 1.01 bits per heavy atom. The summed E-state index contributed by atoms with van der Waals surface area (Å²) in [6.07, 6.45) is 31.3. The minimum absolute atomic E-state index is 0.320. The van der Waals surface area contributed by atoms with Crippen molar-refractivity contribution in [2.75, 3.05) is 52.7 Å².